The van der Waals surface area contributed by atoms with Crippen LogP contribution in [0.4, 0.5) is 18.0 Å². The van der Waals surface area contributed by atoms with Gasteiger partial charge >= 0.3 is 6.09 Å². The van der Waals surface area contributed by atoms with Crippen LogP contribution in [-0.2, 0) is 12.8 Å². The molecule has 1 amide bonds. The highest BCUT2D eigenvalue weighted by Crippen LogP contribution is 2.31. The van der Waals surface area contributed by atoms with Crippen molar-refractivity contribution in [1.82, 2.24) is 15.2 Å². The smallest absolute Gasteiger partial charge is 0.407 e. The number of likely N-dealkylation sites (tertiary alicyclic amines) is 1. The second-order valence-electron chi connectivity index (χ2n) is 10.1. The monoisotopic (exact) mass is 501 g/mol. The number of halogens is 3. The standard InChI is InChI=1S/C27H30F3N3O3/c1-27(2,16-31-13-18-14-33(26(34)35)15-22(18)30)12-23-24(10-17-6-4-3-5-7-17)36-25(32-23)20-11-19(28)8-9-21(20)29/h3-9,11,18,22,31H,10,12-16H2,1-2H3,(H,34,35). The van der Waals surface area contributed by atoms with Gasteiger partial charge in [0.2, 0.25) is 5.89 Å². The van der Waals surface area contributed by atoms with Crippen LogP contribution < -0.4 is 5.32 Å². The second-order valence-corrected chi connectivity index (χ2v) is 10.1. The maximum atomic E-state index is 14.4. The van der Waals surface area contributed by atoms with Gasteiger partial charge in [-0.25, -0.2) is 22.9 Å². The van der Waals surface area contributed by atoms with E-state index in [1.165, 1.54) is 0 Å². The topological polar surface area (TPSA) is 78.6 Å². The second kappa shape index (κ2) is 10.7. The van der Waals surface area contributed by atoms with E-state index in [4.69, 9.17) is 9.52 Å². The van der Waals surface area contributed by atoms with Gasteiger partial charge in [0.1, 0.15) is 23.6 Å². The fraction of sp³-hybridized carbons (Fsp3) is 0.407. The quantitative estimate of drug-likeness (QED) is 0.415. The molecule has 0 saturated carbocycles. The number of oxazole rings is 1. The van der Waals surface area contributed by atoms with Gasteiger partial charge in [-0.1, -0.05) is 44.2 Å². The summed E-state index contributed by atoms with van der Waals surface area (Å²) in [5, 5.41) is 12.4. The molecule has 0 bridgehead atoms. The van der Waals surface area contributed by atoms with Crippen LogP contribution in [0.2, 0.25) is 0 Å². The summed E-state index contributed by atoms with van der Waals surface area (Å²) in [6.45, 7) is 4.97. The number of nitrogens with zero attached hydrogens (tertiary/aromatic N) is 2. The first-order valence-corrected chi connectivity index (χ1v) is 11.9. The fourth-order valence-electron chi connectivity index (χ4n) is 4.51. The van der Waals surface area contributed by atoms with Crippen LogP contribution in [0.5, 0.6) is 0 Å². The van der Waals surface area contributed by atoms with Crippen LogP contribution in [0.15, 0.2) is 52.9 Å². The number of carbonyl (C=O) groups is 1. The molecule has 2 heterocycles. The summed E-state index contributed by atoms with van der Waals surface area (Å²) >= 11 is 0. The molecule has 4 rings (SSSR count). The van der Waals surface area contributed by atoms with Gasteiger partial charge in [0.15, 0.2) is 0 Å². The van der Waals surface area contributed by atoms with Gasteiger partial charge in [0, 0.05) is 32.0 Å². The van der Waals surface area contributed by atoms with E-state index in [0.717, 1.165) is 28.7 Å². The van der Waals surface area contributed by atoms with Crippen LogP contribution in [0, 0.1) is 23.0 Å². The zero-order chi connectivity index (χ0) is 25.9. The minimum absolute atomic E-state index is 0.0247. The summed E-state index contributed by atoms with van der Waals surface area (Å²) in [5.41, 5.74) is 1.27. The third kappa shape index (κ3) is 6.26. The Balaban J connectivity index is 1.49. The SMILES string of the molecule is CC(C)(CNCC1CN(C(=O)O)CC1F)Cc1nc(-c2cc(F)ccc2F)oc1Cc1ccccc1. The molecule has 2 unspecified atom stereocenters. The first-order chi connectivity index (χ1) is 17.1. The van der Waals surface area contributed by atoms with Crippen LogP contribution in [-0.4, -0.2) is 53.4 Å². The molecule has 2 atom stereocenters. The molecule has 3 aromatic rings. The molecule has 2 aromatic carbocycles. The molecular weight excluding hydrogens is 471 g/mol. The summed E-state index contributed by atoms with van der Waals surface area (Å²) in [6, 6.07) is 12.8. The molecule has 0 spiro atoms. The highest BCUT2D eigenvalue weighted by molar-refractivity contribution is 5.65. The lowest BCUT2D eigenvalue weighted by molar-refractivity contribution is 0.152. The highest BCUT2D eigenvalue weighted by Gasteiger charge is 2.35. The zero-order valence-corrected chi connectivity index (χ0v) is 20.3. The van der Waals surface area contributed by atoms with Crippen molar-refractivity contribution in [1.29, 1.82) is 0 Å². The van der Waals surface area contributed by atoms with Crippen molar-refractivity contribution in [2.24, 2.45) is 11.3 Å². The predicted molar refractivity (Wildman–Crippen MR) is 129 cm³/mol. The Hall–Kier alpha value is -3.33. The number of alkyl halides is 1. The molecule has 1 aliphatic rings. The van der Waals surface area contributed by atoms with Crippen LogP contribution in [0.1, 0.15) is 30.9 Å². The van der Waals surface area contributed by atoms with Gasteiger partial charge in [-0.15, -0.1) is 0 Å². The summed E-state index contributed by atoms with van der Waals surface area (Å²) in [6.07, 6.45) is -1.38. The number of amides is 1. The minimum atomic E-state index is -1.20. The Kier molecular flexibility index (Phi) is 7.68. The van der Waals surface area contributed by atoms with E-state index >= 15 is 0 Å². The maximum absolute atomic E-state index is 14.4. The van der Waals surface area contributed by atoms with Gasteiger partial charge < -0.3 is 19.7 Å². The molecule has 2 N–H and O–H groups in total. The highest BCUT2D eigenvalue weighted by atomic mass is 19.1. The maximum Gasteiger partial charge on any atom is 0.407 e. The van der Waals surface area contributed by atoms with E-state index in [1.807, 2.05) is 44.2 Å². The zero-order valence-electron chi connectivity index (χ0n) is 20.3. The van der Waals surface area contributed by atoms with Gasteiger partial charge in [0.25, 0.3) is 0 Å². The number of benzene rings is 2. The summed E-state index contributed by atoms with van der Waals surface area (Å²) in [4.78, 5) is 16.8. The predicted octanol–water partition coefficient (Wildman–Crippen LogP) is 5.32. The van der Waals surface area contributed by atoms with Crippen molar-refractivity contribution in [3.8, 4) is 11.5 Å². The summed E-state index contributed by atoms with van der Waals surface area (Å²) in [7, 11) is 0. The van der Waals surface area contributed by atoms with E-state index in [2.05, 4.69) is 10.3 Å². The van der Waals surface area contributed by atoms with Crippen molar-refractivity contribution >= 4 is 6.09 Å². The number of rotatable bonds is 9. The summed E-state index contributed by atoms with van der Waals surface area (Å²) in [5.74, 6) is -1.01. The van der Waals surface area contributed by atoms with Crippen molar-refractivity contribution in [2.75, 3.05) is 26.2 Å². The van der Waals surface area contributed by atoms with Crippen LogP contribution >= 0.6 is 0 Å². The van der Waals surface area contributed by atoms with Gasteiger partial charge in [-0.3, -0.25) is 0 Å². The Morgan fingerprint density at radius 2 is 1.94 bits per heavy atom. The molecule has 0 aliphatic carbocycles. The first kappa shape index (κ1) is 25.8. The number of hydrogen-bond donors (Lipinski definition) is 2. The first-order valence-electron chi connectivity index (χ1n) is 11.9. The lowest BCUT2D eigenvalue weighted by atomic mass is 9.86. The Morgan fingerprint density at radius 1 is 1.19 bits per heavy atom. The number of hydrogen-bond acceptors (Lipinski definition) is 4. The molecule has 6 nitrogen and oxygen atoms in total. The van der Waals surface area contributed by atoms with E-state index in [1.54, 1.807) is 0 Å². The molecule has 36 heavy (non-hydrogen) atoms. The third-order valence-electron chi connectivity index (χ3n) is 6.43. The molecule has 9 heteroatoms. The lowest BCUT2D eigenvalue weighted by Crippen LogP contribution is -2.37. The number of aromatic nitrogens is 1. The van der Waals surface area contributed by atoms with E-state index in [0.29, 0.717) is 37.4 Å². The van der Waals surface area contributed by atoms with Crippen molar-refractivity contribution in [3.63, 3.8) is 0 Å². The Morgan fingerprint density at radius 3 is 2.64 bits per heavy atom. The van der Waals surface area contributed by atoms with Crippen molar-refractivity contribution < 1.29 is 27.5 Å². The molecule has 1 aromatic heterocycles. The van der Waals surface area contributed by atoms with Crippen LogP contribution in [0.3, 0.4) is 0 Å². The Labute approximate surface area is 208 Å². The minimum Gasteiger partial charge on any atom is -0.465 e. The molecule has 1 fully saturated rings. The normalized spacial score (nSPS) is 18.1. The molecule has 1 saturated heterocycles. The van der Waals surface area contributed by atoms with Gasteiger partial charge in [0.05, 0.1) is 17.8 Å². The fourth-order valence-corrected chi connectivity index (χ4v) is 4.51. The summed E-state index contributed by atoms with van der Waals surface area (Å²) < 4.78 is 48.4. The third-order valence-corrected chi connectivity index (χ3v) is 6.43. The number of carboxylic acid groups (broad SMARTS) is 1. The van der Waals surface area contributed by atoms with Crippen LogP contribution in [0.25, 0.3) is 11.5 Å². The van der Waals surface area contributed by atoms with E-state index < -0.39 is 29.8 Å². The van der Waals surface area contributed by atoms with E-state index in [-0.39, 0.29) is 30.0 Å². The molecule has 192 valence electrons. The average molecular weight is 502 g/mol. The Bertz CT molecular complexity index is 1200. The van der Waals surface area contributed by atoms with E-state index in [9.17, 15) is 18.0 Å². The van der Waals surface area contributed by atoms with Gasteiger partial charge in [-0.2, -0.15) is 0 Å². The van der Waals surface area contributed by atoms with Crippen molar-refractivity contribution in [2.45, 2.75) is 32.9 Å². The lowest BCUT2D eigenvalue weighted by Gasteiger charge is -2.25. The van der Waals surface area contributed by atoms with Gasteiger partial charge in [-0.05, 0) is 35.6 Å². The number of nitrogens with one attached hydrogen (secondary N) is 1. The van der Waals surface area contributed by atoms with Crippen molar-refractivity contribution in [3.05, 3.63) is 77.2 Å². The largest absolute Gasteiger partial charge is 0.465 e. The average Bonchev–Trinajstić information content (AvgIpc) is 3.39. The molecule has 1 aliphatic heterocycles. The molecule has 0 radical (unpaired) electrons. The molecular formula is C27H30F3N3O3.